The van der Waals surface area contributed by atoms with Gasteiger partial charge in [-0.3, -0.25) is 4.79 Å². The van der Waals surface area contributed by atoms with Crippen LogP contribution in [0.25, 0.3) is 0 Å². The molecule has 2 aliphatic heterocycles. The molecule has 1 amide bonds. The van der Waals surface area contributed by atoms with Crippen LogP contribution in [0.4, 0.5) is 0 Å². The number of amides is 1. The molecule has 1 aromatic rings. The number of rotatable bonds is 2. The van der Waals surface area contributed by atoms with Crippen LogP contribution in [-0.2, 0) is 4.74 Å². The van der Waals surface area contributed by atoms with E-state index < -0.39 is 0 Å². The number of fused-ring (bicyclic) bond motifs is 1. The maximum atomic E-state index is 12.2. The molecule has 0 unspecified atom stereocenters. The predicted octanol–water partition coefficient (Wildman–Crippen LogP) is 0.933. The lowest BCUT2D eigenvalue weighted by atomic mass is 10.0. The highest BCUT2D eigenvalue weighted by atomic mass is 16.5. The van der Waals surface area contributed by atoms with Crippen molar-refractivity contribution in [2.45, 2.75) is 25.6 Å². The van der Waals surface area contributed by atoms with E-state index in [1.54, 1.807) is 4.90 Å². The van der Waals surface area contributed by atoms with E-state index in [-0.39, 0.29) is 17.8 Å². The minimum Gasteiger partial charge on any atom is -0.479 e. The third-order valence-corrected chi connectivity index (χ3v) is 3.62. The van der Waals surface area contributed by atoms with E-state index in [9.17, 15) is 4.79 Å². The third-order valence-electron chi connectivity index (χ3n) is 3.62. The van der Waals surface area contributed by atoms with Crippen molar-refractivity contribution in [2.24, 2.45) is 5.92 Å². The van der Waals surface area contributed by atoms with Crippen molar-refractivity contribution >= 4 is 5.91 Å². The minimum atomic E-state index is -0.142. The van der Waals surface area contributed by atoms with E-state index in [1.807, 2.05) is 0 Å². The normalized spacial score (nSPS) is 30.6. The summed E-state index contributed by atoms with van der Waals surface area (Å²) in [6.07, 6.45) is 1.50. The summed E-state index contributed by atoms with van der Waals surface area (Å²) in [7, 11) is 1.49. The Kier molecular flexibility index (Phi) is 2.74. The molecular formula is C12H16N2O4. The molecule has 3 rings (SSSR count). The highest BCUT2D eigenvalue weighted by Gasteiger charge is 2.42. The first-order chi connectivity index (χ1) is 8.67. The van der Waals surface area contributed by atoms with Gasteiger partial charge in [0.05, 0.1) is 25.4 Å². The average molecular weight is 252 g/mol. The summed E-state index contributed by atoms with van der Waals surface area (Å²) in [5, 5.41) is 3.64. The largest absolute Gasteiger partial charge is 0.479 e. The Morgan fingerprint density at radius 3 is 3.06 bits per heavy atom. The quantitative estimate of drug-likeness (QED) is 0.783. The van der Waals surface area contributed by atoms with Crippen LogP contribution in [0.3, 0.4) is 0 Å². The molecule has 0 saturated carbocycles. The fourth-order valence-corrected chi connectivity index (χ4v) is 2.78. The third kappa shape index (κ3) is 1.86. The number of ether oxygens (including phenoxy) is 2. The van der Waals surface area contributed by atoms with Gasteiger partial charge >= 0.3 is 0 Å². The van der Waals surface area contributed by atoms with Gasteiger partial charge in [0.15, 0.2) is 0 Å². The lowest BCUT2D eigenvalue weighted by molar-refractivity contribution is 0.0431. The summed E-state index contributed by atoms with van der Waals surface area (Å²) in [5.74, 6) is 0.854. The molecule has 2 fully saturated rings. The van der Waals surface area contributed by atoms with E-state index in [4.69, 9.17) is 14.0 Å². The van der Waals surface area contributed by atoms with Gasteiger partial charge in [-0.1, -0.05) is 0 Å². The van der Waals surface area contributed by atoms with Crippen LogP contribution >= 0.6 is 0 Å². The molecular weight excluding hydrogens is 236 g/mol. The Morgan fingerprint density at radius 2 is 2.39 bits per heavy atom. The van der Waals surface area contributed by atoms with Crippen molar-refractivity contribution < 1.29 is 18.8 Å². The number of likely N-dealkylation sites (tertiary alicyclic amines) is 1. The molecule has 0 bridgehead atoms. The van der Waals surface area contributed by atoms with Gasteiger partial charge in [-0.2, -0.15) is 0 Å². The molecule has 98 valence electrons. The molecule has 6 nitrogen and oxygen atoms in total. The maximum Gasteiger partial charge on any atom is 0.292 e. The highest BCUT2D eigenvalue weighted by molar-refractivity contribution is 5.91. The molecule has 0 aromatic carbocycles. The van der Waals surface area contributed by atoms with Crippen molar-refractivity contribution in [3.05, 3.63) is 11.8 Å². The van der Waals surface area contributed by atoms with Crippen molar-refractivity contribution in [1.82, 2.24) is 10.1 Å². The molecule has 0 radical (unpaired) electrons. The van der Waals surface area contributed by atoms with Gasteiger partial charge in [-0.25, -0.2) is 0 Å². The zero-order valence-corrected chi connectivity index (χ0v) is 10.5. The molecule has 2 aliphatic rings. The monoisotopic (exact) mass is 252 g/mol. The van der Waals surface area contributed by atoms with Gasteiger partial charge in [0.25, 0.3) is 11.8 Å². The number of carbonyl (C=O) groups excluding carboxylic acids is 1. The number of aromatic nitrogens is 1. The van der Waals surface area contributed by atoms with E-state index in [2.05, 4.69) is 12.1 Å². The van der Waals surface area contributed by atoms with Crippen LogP contribution in [0, 0.1) is 5.92 Å². The molecule has 2 saturated heterocycles. The minimum absolute atomic E-state index is 0.142. The Balaban J connectivity index is 1.68. The second kappa shape index (κ2) is 4.28. The van der Waals surface area contributed by atoms with E-state index in [1.165, 1.54) is 13.2 Å². The van der Waals surface area contributed by atoms with Gasteiger partial charge in [0, 0.05) is 19.0 Å². The van der Waals surface area contributed by atoms with Crippen LogP contribution < -0.4 is 4.74 Å². The van der Waals surface area contributed by atoms with E-state index >= 15 is 0 Å². The Morgan fingerprint density at radius 1 is 1.56 bits per heavy atom. The summed E-state index contributed by atoms with van der Waals surface area (Å²) < 4.78 is 15.6. The zero-order chi connectivity index (χ0) is 12.7. The molecule has 0 N–H and O–H groups in total. The van der Waals surface area contributed by atoms with Gasteiger partial charge in [0.1, 0.15) is 0 Å². The first kappa shape index (κ1) is 11.5. The van der Waals surface area contributed by atoms with Crippen molar-refractivity contribution in [3.63, 3.8) is 0 Å². The first-order valence-corrected chi connectivity index (χ1v) is 6.13. The summed E-state index contributed by atoms with van der Waals surface area (Å²) in [6.45, 7) is 3.44. The summed E-state index contributed by atoms with van der Waals surface area (Å²) in [5.41, 5.74) is 0. The van der Waals surface area contributed by atoms with Gasteiger partial charge in [-0.15, -0.1) is 0 Å². The number of methoxy groups -OCH3 is 1. The number of carbonyl (C=O) groups is 1. The molecule has 1 aromatic heterocycles. The zero-order valence-electron chi connectivity index (χ0n) is 10.5. The highest BCUT2D eigenvalue weighted by Crippen LogP contribution is 2.33. The summed E-state index contributed by atoms with van der Waals surface area (Å²) in [4.78, 5) is 13.9. The SMILES string of the molecule is COc1cc(C(=O)N2C[C@H]3C[C@H](C)O[C@H]3C2)on1. The van der Waals surface area contributed by atoms with E-state index in [0.717, 1.165) is 13.0 Å². The number of hydrogen-bond acceptors (Lipinski definition) is 5. The fraction of sp³-hybridized carbons (Fsp3) is 0.667. The standard InChI is InChI=1S/C12H16N2O4/c1-7-3-8-5-14(6-10(8)17-7)12(15)9-4-11(16-2)13-18-9/h4,7-8,10H,3,5-6H2,1-2H3/t7-,8+,10-/m0/s1. The topological polar surface area (TPSA) is 64.8 Å². The molecule has 0 aliphatic carbocycles. The van der Waals surface area contributed by atoms with Gasteiger partial charge in [-0.05, 0) is 18.5 Å². The maximum absolute atomic E-state index is 12.2. The summed E-state index contributed by atoms with van der Waals surface area (Å²) >= 11 is 0. The Labute approximate surface area is 105 Å². The lowest BCUT2D eigenvalue weighted by Gasteiger charge is -2.16. The van der Waals surface area contributed by atoms with Crippen molar-refractivity contribution in [2.75, 3.05) is 20.2 Å². The molecule has 3 heterocycles. The number of hydrogen-bond donors (Lipinski definition) is 0. The average Bonchev–Trinajstić information content (AvgIpc) is 3.00. The van der Waals surface area contributed by atoms with Crippen molar-refractivity contribution in [1.29, 1.82) is 0 Å². The van der Waals surface area contributed by atoms with Crippen LogP contribution in [0.1, 0.15) is 23.9 Å². The molecule has 3 atom stereocenters. The van der Waals surface area contributed by atoms with Gasteiger partial charge < -0.3 is 18.9 Å². The Hall–Kier alpha value is -1.56. The summed E-state index contributed by atoms with van der Waals surface area (Å²) in [6, 6.07) is 1.51. The first-order valence-electron chi connectivity index (χ1n) is 6.13. The van der Waals surface area contributed by atoms with E-state index in [0.29, 0.717) is 24.4 Å². The predicted molar refractivity (Wildman–Crippen MR) is 61.4 cm³/mol. The van der Waals surface area contributed by atoms with Crippen LogP contribution in [0.15, 0.2) is 10.6 Å². The van der Waals surface area contributed by atoms with Crippen molar-refractivity contribution in [3.8, 4) is 5.88 Å². The Bertz CT molecular complexity index is 445. The molecule has 18 heavy (non-hydrogen) atoms. The van der Waals surface area contributed by atoms with Crippen LogP contribution in [0.5, 0.6) is 5.88 Å². The molecule has 6 heteroatoms. The lowest BCUT2D eigenvalue weighted by Crippen LogP contribution is -2.30. The molecule has 0 spiro atoms. The second-order valence-corrected chi connectivity index (χ2v) is 4.92. The van der Waals surface area contributed by atoms with Crippen LogP contribution in [-0.4, -0.2) is 48.4 Å². The second-order valence-electron chi connectivity index (χ2n) is 4.92. The smallest absolute Gasteiger partial charge is 0.292 e. The number of nitrogens with zero attached hydrogens (tertiary/aromatic N) is 2. The van der Waals surface area contributed by atoms with Gasteiger partial charge in [0.2, 0.25) is 5.76 Å². The fourth-order valence-electron chi connectivity index (χ4n) is 2.78. The van der Waals surface area contributed by atoms with Crippen LogP contribution in [0.2, 0.25) is 0 Å².